The summed E-state index contributed by atoms with van der Waals surface area (Å²) in [5.41, 5.74) is 5.43. The van der Waals surface area contributed by atoms with Crippen LogP contribution < -0.4 is 4.74 Å². The van der Waals surface area contributed by atoms with Crippen molar-refractivity contribution in [3.63, 3.8) is 0 Å². The van der Waals surface area contributed by atoms with Crippen LogP contribution in [0.3, 0.4) is 0 Å². The summed E-state index contributed by atoms with van der Waals surface area (Å²) in [6.07, 6.45) is 4.85. The molecule has 0 N–H and O–H groups in total. The number of rotatable bonds is 3. The lowest BCUT2D eigenvalue weighted by Gasteiger charge is -2.22. The highest BCUT2D eigenvalue weighted by atomic mass is 32.1. The number of benzene rings is 3. The van der Waals surface area contributed by atoms with E-state index in [1.807, 2.05) is 54.6 Å². The second-order valence-corrected chi connectivity index (χ2v) is 8.42. The zero-order valence-corrected chi connectivity index (χ0v) is 18.7. The van der Waals surface area contributed by atoms with Gasteiger partial charge < -0.3 is 9.64 Å². The quantitative estimate of drug-likeness (QED) is 0.341. The number of ether oxygens (including phenoxy) is 1. The van der Waals surface area contributed by atoms with E-state index in [-0.39, 0.29) is 0 Å². The first-order valence-electron chi connectivity index (χ1n) is 11.2. The van der Waals surface area contributed by atoms with Gasteiger partial charge in [-0.3, -0.25) is 0 Å². The van der Waals surface area contributed by atoms with E-state index in [0.717, 1.165) is 59.5 Å². The van der Waals surface area contributed by atoms with Gasteiger partial charge in [-0.2, -0.15) is 0 Å². The van der Waals surface area contributed by atoms with E-state index < -0.39 is 0 Å². The van der Waals surface area contributed by atoms with Crippen molar-refractivity contribution in [3.8, 4) is 28.3 Å². The summed E-state index contributed by atoms with van der Waals surface area (Å²) in [6.45, 7) is 1.93. The highest BCUT2D eigenvalue weighted by Gasteiger charge is 2.16. The van der Waals surface area contributed by atoms with Crippen molar-refractivity contribution in [2.75, 3.05) is 13.1 Å². The second kappa shape index (κ2) is 9.45. The van der Waals surface area contributed by atoms with Crippen LogP contribution in [0.4, 0.5) is 0 Å². The van der Waals surface area contributed by atoms with E-state index in [2.05, 4.69) is 29.2 Å². The Morgan fingerprint density at radius 3 is 1.84 bits per heavy atom. The Morgan fingerprint density at radius 2 is 1.25 bits per heavy atom. The van der Waals surface area contributed by atoms with Crippen LogP contribution in [-0.2, 0) is 0 Å². The van der Waals surface area contributed by atoms with Crippen molar-refractivity contribution >= 4 is 28.4 Å². The van der Waals surface area contributed by atoms with Crippen LogP contribution in [0.15, 0.2) is 78.9 Å². The van der Waals surface area contributed by atoms with Crippen LogP contribution in [0.1, 0.15) is 25.7 Å². The van der Waals surface area contributed by atoms with Crippen LogP contribution in [0.5, 0.6) is 5.75 Å². The van der Waals surface area contributed by atoms with Gasteiger partial charge in [-0.1, -0.05) is 73.5 Å². The van der Waals surface area contributed by atoms with E-state index in [0.29, 0.717) is 10.9 Å². The van der Waals surface area contributed by atoms with Gasteiger partial charge in [-0.05, 0) is 37.2 Å². The highest BCUT2D eigenvalue weighted by molar-refractivity contribution is 7.80. The molecule has 1 aliphatic heterocycles. The fourth-order valence-corrected chi connectivity index (χ4v) is 4.39. The van der Waals surface area contributed by atoms with Crippen LogP contribution in [0, 0.1) is 0 Å². The maximum atomic E-state index is 6.07. The van der Waals surface area contributed by atoms with Gasteiger partial charge in [-0.15, -0.1) is 0 Å². The normalized spacial score (nSPS) is 14.2. The average Bonchev–Trinajstić information content (AvgIpc) is 3.14. The monoisotopic (exact) mass is 439 g/mol. The lowest BCUT2D eigenvalue weighted by atomic mass is 10.0. The molecule has 2 heterocycles. The number of thiocarbonyl (C=S) groups is 1. The van der Waals surface area contributed by atoms with Crippen LogP contribution in [0.25, 0.3) is 33.5 Å². The largest absolute Gasteiger partial charge is 0.432 e. The fraction of sp³-hybridized carbons (Fsp3) is 0.222. The van der Waals surface area contributed by atoms with Gasteiger partial charge in [0, 0.05) is 30.3 Å². The molecular weight excluding hydrogens is 414 g/mol. The third-order valence-corrected chi connectivity index (χ3v) is 6.14. The predicted molar refractivity (Wildman–Crippen MR) is 134 cm³/mol. The average molecular weight is 440 g/mol. The molecular formula is C27H25N3OS. The number of aromatic nitrogens is 2. The van der Waals surface area contributed by atoms with E-state index in [1.165, 1.54) is 12.8 Å². The number of fused-ring (bicyclic) bond motifs is 1. The lowest BCUT2D eigenvalue weighted by molar-refractivity contribution is 0.361. The molecule has 0 atom stereocenters. The molecule has 1 aromatic heterocycles. The van der Waals surface area contributed by atoms with Gasteiger partial charge in [0.2, 0.25) is 0 Å². The molecule has 32 heavy (non-hydrogen) atoms. The standard InChI is InChI=1S/C27H25N3OS/c32-27(30-17-9-1-2-10-18-30)31-22-15-16-23-24(19-22)29-26(21-13-7-4-8-14-21)25(28-23)20-11-5-3-6-12-20/h3-8,11-16,19H,1-2,9-10,17-18H2. The summed E-state index contributed by atoms with van der Waals surface area (Å²) >= 11 is 5.59. The van der Waals surface area contributed by atoms with Gasteiger partial charge in [0.05, 0.1) is 22.4 Å². The number of hydrogen-bond donors (Lipinski definition) is 0. The highest BCUT2D eigenvalue weighted by Crippen LogP contribution is 2.32. The van der Waals surface area contributed by atoms with Crippen molar-refractivity contribution in [2.24, 2.45) is 0 Å². The third kappa shape index (κ3) is 4.48. The van der Waals surface area contributed by atoms with Crippen molar-refractivity contribution < 1.29 is 4.74 Å². The van der Waals surface area contributed by atoms with Gasteiger partial charge >= 0.3 is 0 Å². The Kier molecular flexibility index (Phi) is 6.08. The molecule has 0 aliphatic carbocycles. The number of likely N-dealkylation sites (tertiary alicyclic amines) is 1. The summed E-state index contributed by atoms with van der Waals surface area (Å²) in [5.74, 6) is 0.701. The molecule has 4 aromatic rings. The van der Waals surface area contributed by atoms with Gasteiger partial charge in [-0.25, -0.2) is 9.97 Å². The molecule has 0 amide bonds. The summed E-state index contributed by atoms with van der Waals surface area (Å²) < 4.78 is 6.07. The van der Waals surface area contributed by atoms with E-state index >= 15 is 0 Å². The van der Waals surface area contributed by atoms with Crippen molar-refractivity contribution in [3.05, 3.63) is 78.9 Å². The molecule has 0 radical (unpaired) electrons. The third-order valence-electron chi connectivity index (χ3n) is 5.80. The molecule has 1 fully saturated rings. The first-order valence-corrected chi connectivity index (χ1v) is 11.6. The first-order chi connectivity index (χ1) is 15.8. The van der Waals surface area contributed by atoms with Crippen molar-refractivity contribution in [2.45, 2.75) is 25.7 Å². The van der Waals surface area contributed by atoms with Gasteiger partial charge in [0.1, 0.15) is 5.75 Å². The second-order valence-electron chi connectivity index (χ2n) is 8.07. The molecule has 5 heteroatoms. The molecule has 4 nitrogen and oxygen atoms in total. The topological polar surface area (TPSA) is 38.3 Å². The van der Waals surface area contributed by atoms with E-state index in [1.54, 1.807) is 0 Å². The smallest absolute Gasteiger partial charge is 0.264 e. The minimum absolute atomic E-state index is 0.545. The van der Waals surface area contributed by atoms with Crippen LogP contribution in [-0.4, -0.2) is 33.1 Å². The van der Waals surface area contributed by atoms with Crippen molar-refractivity contribution in [1.82, 2.24) is 14.9 Å². The Labute approximate surface area is 193 Å². The molecule has 5 rings (SSSR count). The Balaban J connectivity index is 1.52. The minimum Gasteiger partial charge on any atom is -0.432 e. The van der Waals surface area contributed by atoms with Gasteiger partial charge in [0.25, 0.3) is 5.17 Å². The van der Waals surface area contributed by atoms with Crippen LogP contribution in [0.2, 0.25) is 0 Å². The van der Waals surface area contributed by atoms with Crippen molar-refractivity contribution in [1.29, 1.82) is 0 Å². The predicted octanol–water partition coefficient (Wildman–Crippen LogP) is 6.50. The Bertz CT molecular complexity index is 1220. The lowest BCUT2D eigenvalue weighted by Crippen LogP contribution is -2.34. The van der Waals surface area contributed by atoms with E-state index in [9.17, 15) is 0 Å². The zero-order valence-electron chi connectivity index (χ0n) is 17.9. The number of nitrogens with zero attached hydrogens (tertiary/aromatic N) is 3. The fourth-order valence-electron chi connectivity index (χ4n) is 4.11. The molecule has 0 unspecified atom stereocenters. The summed E-state index contributed by atoms with van der Waals surface area (Å²) in [4.78, 5) is 12.2. The molecule has 1 aliphatic rings. The molecule has 160 valence electrons. The van der Waals surface area contributed by atoms with Crippen LogP contribution >= 0.6 is 12.2 Å². The van der Waals surface area contributed by atoms with E-state index in [4.69, 9.17) is 26.9 Å². The maximum absolute atomic E-state index is 6.07. The summed E-state index contributed by atoms with van der Waals surface area (Å²) in [5, 5.41) is 0.545. The molecule has 0 spiro atoms. The number of hydrogen-bond acceptors (Lipinski definition) is 4. The molecule has 1 saturated heterocycles. The summed E-state index contributed by atoms with van der Waals surface area (Å²) in [7, 11) is 0. The molecule has 3 aromatic carbocycles. The minimum atomic E-state index is 0.545. The first kappa shape index (κ1) is 20.6. The van der Waals surface area contributed by atoms with Gasteiger partial charge in [0.15, 0.2) is 0 Å². The molecule has 0 bridgehead atoms. The maximum Gasteiger partial charge on any atom is 0.264 e. The SMILES string of the molecule is S=C(Oc1ccc2nc(-c3ccccc3)c(-c3ccccc3)nc2c1)N1CCCCCC1. The Hall–Kier alpha value is -3.31. The zero-order chi connectivity index (χ0) is 21.8. The summed E-state index contributed by atoms with van der Waals surface area (Å²) in [6, 6.07) is 26.2. The Morgan fingerprint density at radius 1 is 0.688 bits per heavy atom. The molecule has 0 saturated carbocycles.